The maximum Gasteiger partial charge on any atom is 0.417 e. The minimum Gasteiger partial charge on any atom is -0.507 e. The van der Waals surface area contributed by atoms with Crippen LogP contribution in [0.1, 0.15) is 39.2 Å². The number of carbonyl (C=O) groups is 1. The molecule has 0 aliphatic carbocycles. The Morgan fingerprint density at radius 1 is 1.08 bits per heavy atom. The van der Waals surface area contributed by atoms with Crippen LogP contribution in [0.4, 0.5) is 17.6 Å². The fraction of sp³-hybridized carbons (Fsp3) is 0.200. The van der Waals surface area contributed by atoms with Gasteiger partial charge in [-0.15, -0.1) is 0 Å². The molecule has 1 amide bonds. The normalized spacial score (nSPS) is 14.3. The van der Waals surface area contributed by atoms with Crippen molar-refractivity contribution in [1.29, 1.82) is 5.26 Å². The topological polar surface area (TPSA) is 127 Å². The molecule has 0 fully saturated rings. The number of aromatic hydroxyl groups is 1. The van der Waals surface area contributed by atoms with Crippen molar-refractivity contribution in [3.05, 3.63) is 94.8 Å². The van der Waals surface area contributed by atoms with E-state index in [2.05, 4.69) is 5.32 Å². The van der Waals surface area contributed by atoms with Crippen molar-refractivity contribution in [1.82, 2.24) is 5.32 Å². The number of sulfone groups is 1. The molecule has 0 heterocycles. The molecule has 0 aliphatic heterocycles. The summed E-state index contributed by atoms with van der Waals surface area (Å²) in [6, 6.07) is 12.4. The number of phenols is 1. The van der Waals surface area contributed by atoms with E-state index in [1.807, 2.05) is 0 Å². The second kappa shape index (κ2) is 10.2. The Kier molecular flexibility index (Phi) is 7.62. The predicted octanol–water partition coefficient (Wildman–Crippen LogP) is 4.12. The number of nitrogens with zero attached hydrogens (tertiary/aromatic N) is 1. The minimum absolute atomic E-state index is 0.186. The third-order valence-electron chi connectivity index (χ3n) is 5.55. The fourth-order valence-corrected chi connectivity index (χ4v) is 5.85. The Morgan fingerprint density at radius 3 is 2.27 bits per heavy atom. The van der Waals surface area contributed by atoms with Crippen LogP contribution in [0.15, 0.2) is 71.6 Å². The summed E-state index contributed by atoms with van der Waals surface area (Å²) in [5, 5.41) is 30.4. The highest BCUT2D eigenvalue weighted by Crippen LogP contribution is 2.41. The van der Waals surface area contributed by atoms with Gasteiger partial charge in [0, 0.05) is 6.54 Å². The zero-order valence-corrected chi connectivity index (χ0v) is 19.9. The first kappa shape index (κ1) is 27.6. The van der Waals surface area contributed by atoms with Gasteiger partial charge in [0.1, 0.15) is 22.4 Å². The molecule has 12 heteroatoms. The Bertz CT molecular complexity index is 1460. The van der Waals surface area contributed by atoms with E-state index in [1.165, 1.54) is 30.3 Å². The molecule has 0 bridgehead atoms. The summed E-state index contributed by atoms with van der Waals surface area (Å²) in [6.07, 6.45) is -5.02. The molecule has 3 rings (SSSR count). The third kappa shape index (κ3) is 5.90. The molecule has 3 aromatic carbocycles. The van der Waals surface area contributed by atoms with Crippen LogP contribution in [0.2, 0.25) is 0 Å². The van der Waals surface area contributed by atoms with Gasteiger partial charge in [-0.2, -0.15) is 18.4 Å². The smallest absolute Gasteiger partial charge is 0.417 e. The maximum atomic E-state index is 13.6. The molecule has 0 aromatic heterocycles. The molecule has 194 valence electrons. The molecule has 2 unspecified atom stereocenters. The quantitative estimate of drug-likeness (QED) is 0.308. The first-order chi connectivity index (χ1) is 17.2. The Morgan fingerprint density at radius 2 is 1.70 bits per heavy atom. The van der Waals surface area contributed by atoms with Gasteiger partial charge in [0.05, 0.1) is 27.7 Å². The summed E-state index contributed by atoms with van der Waals surface area (Å²) < 4.78 is 81.5. The number of phenolic OH excluding ortho intramolecular Hbond substituents is 1. The molecule has 0 spiro atoms. The average Bonchev–Trinajstić information content (AvgIpc) is 2.82. The number of benzene rings is 3. The average molecular weight is 537 g/mol. The number of alkyl halides is 3. The summed E-state index contributed by atoms with van der Waals surface area (Å²) in [5.41, 5.74) is -5.31. The van der Waals surface area contributed by atoms with E-state index in [1.54, 1.807) is 0 Å². The number of hydrogen-bond donors (Lipinski definition) is 3. The van der Waals surface area contributed by atoms with Gasteiger partial charge < -0.3 is 15.5 Å². The van der Waals surface area contributed by atoms with Crippen molar-refractivity contribution in [3.63, 3.8) is 0 Å². The highest BCUT2D eigenvalue weighted by Gasteiger charge is 2.45. The Hall–Kier alpha value is -3.95. The molecule has 2 atom stereocenters. The first-order valence-electron chi connectivity index (χ1n) is 10.6. The van der Waals surface area contributed by atoms with Crippen molar-refractivity contribution >= 4 is 15.7 Å². The molecule has 3 aromatic rings. The predicted molar refractivity (Wildman–Crippen MR) is 124 cm³/mol. The van der Waals surface area contributed by atoms with Crippen LogP contribution in [-0.2, 0) is 16.0 Å². The van der Waals surface area contributed by atoms with Crippen LogP contribution < -0.4 is 5.32 Å². The van der Waals surface area contributed by atoms with E-state index >= 15 is 0 Å². The number of carbonyl (C=O) groups excluding carboxylic acids is 1. The number of para-hydroxylation sites is 1. The maximum absolute atomic E-state index is 13.6. The molecule has 0 saturated heterocycles. The summed E-state index contributed by atoms with van der Waals surface area (Å²) in [7, 11) is -4.70. The lowest BCUT2D eigenvalue weighted by Gasteiger charge is -2.33. The van der Waals surface area contributed by atoms with Gasteiger partial charge in [-0.05, 0) is 61.0 Å². The standard InChI is InChI=1S/C25H20F4N2O5S/c1-24(34,14-31-23(33)19-4-2-3-5-21(19)32)22(37(35,36)18-10-8-17(26)9-11-18)15-6-7-16(13-30)20(12-15)25(27,28)29/h2-12,22,32,34H,14H2,1H3,(H,31,33). The number of hydrogen-bond acceptors (Lipinski definition) is 6. The van der Waals surface area contributed by atoms with Crippen LogP contribution in [0.25, 0.3) is 0 Å². The molecular weight excluding hydrogens is 516 g/mol. The summed E-state index contributed by atoms with van der Waals surface area (Å²) >= 11 is 0. The van der Waals surface area contributed by atoms with Crippen molar-refractivity contribution in [2.24, 2.45) is 0 Å². The van der Waals surface area contributed by atoms with E-state index in [9.17, 15) is 41.0 Å². The van der Waals surface area contributed by atoms with Crippen LogP contribution in [0.3, 0.4) is 0 Å². The second-order valence-corrected chi connectivity index (χ2v) is 10.4. The van der Waals surface area contributed by atoms with E-state index < -0.39 is 72.5 Å². The Balaban J connectivity index is 2.12. The molecule has 7 nitrogen and oxygen atoms in total. The lowest BCUT2D eigenvalue weighted by atomic mass is 9.92. The SMILES string of the molecule is CC(O)(CNC(=O)c1ccccc1O)C(c1ccc(C#N)c(C(F)(F)F)c1)S(=O)(=O)c1ccc(F)cc1. The van der Waals surface area contributed by atoms with Crippen LogP contribution >= 0.6 is 0 Å². The van der Waals surface area contributed by atoms with Gasteiger partial charge in [0.15, 0.2) is 9.84 Å². The van der Waals surface area contributed by atoms with Crippen molar-refractivity contribution in [2.75, 3.05) is 6.54 Å². The second-order valence-electron chi connectivity index (χ2n) is 8.35. The minimum atomic E-state index is -5.02. The fourth-order valence-electron chi connectivity index (χ4n) is 3.80. The van der Waals surface area contributed by atoms with Gasteiger partial charge in [-0.25, -0.2) is 12.8 Å². The van der Waals surface area contributed by atoms with Crippen LogP contribution in [0.5, 0.6) is 5.75 Å². The number of nitriles is 1. The number of rotatable bonds is 7. The number of nitrogens with one attached hydrogen (secondary N) is 1. The lowest BCUT2D eigenvalue weighted by molar-refractivity contribution is -0.137. The van der Waals surface area contributed by atoms with Gasteiger partial charge in [-0.3, -0.25) is 4.79 Å². The Labute approximate surface area is 209 Å². The van der Waals surface area contributed by atoms with E-state index in [-0.39, 0.29) is 5.56 Å². The number of halogens is 4. The molecule has 37 heavy (non-hydrogen) atoms. The zero-order chi connectivity index (χ0) is 27.6. The van der Waals surface area contributed by atoms with Gasteiger partial charge in [-0.1, -0.05) is 18.2 Å². The van der Waals surface area contributed by atoms with Crippen molar-refractivity contribution < 1.29 is 41.0 Å². The molecular formula is C25H20F4N2O5S. The van der Waals surface area contributed by atoms with Crippen molar-refractivity contribution in [2.45, 2.75) is 28.8 Å². The lowest BCUT2D eigenvalue weighted by Crippen LogP contribution is -2.47. The van der Waals surface area contributed by atoms with Gasteiger partial charge in [0.25, 0.3) is 5.91 Å². The molecule has 0 radical (unpaired) electrons. The first-order valence-corrected chi connectivity index (χ1v) is 12.1. The van der Waals surface area contributed by atoms with E-state index in [0.29, 0.717) is 6.07 Å². The van der Waals surface area contributed by atoms with Crippen LogP contribution in [0, 0.1) is 17.1 Å². The highest BCUT2D eigenvalue weighted by atomic mass is 32.2. The summed E-state index contributed by atoms with van der Waals surface area (Å²) in [5.74, 6) is -2.04. The largest absolute Gasteiger partial charge is 0.507 e. The van der Waals surface area contributed by atoms with E-state index in [4.69, 9.17) is 5.26 Å². The molecule has 0 saturated carbocycles. The molecule has 0 aliphatic rings. The number of amides is 1. The van der Waals surface area contributed by atoms with E-state index in [0.717, 1.165) is 43.3 Å². The zero-order valence-electron chi connectivity index (χ0n) is 19.1. The molecule has 3 N–H and O–H groups in total. The van der Waals surface area contributed by atoms with Gasteiger partial charge in [0.2, 0.25) is 0 Å². The number of aliphatic hydroxyl groups is 1. The monoisotopic (exact) mass is 536 g/mol. The summed E-state index contributed by atoms with van der Waals surface area (Å²) in [4.78, 5) is 12.0. The highest BCUT2D eigenvalue weighted by molar-refractivity contribution is 7.91. The third-order valence-corrected chi connectivity index (χ3v) is 7.87. The van der Waals surface area contributed by atoms with Crippen molar-refractivity contribution in [3.8, 4) is 11.8 Å². The summed E-state index contributed by atoms with van der Waals surface area (Å²) in [6.45, 7) is 0.224. The van der Waals surface area contributed by atoms with Crippen LogP contribution in [-0.4, -0.2) is 36.7 Å². The van der Waals surface area contributed by atoms with Gasteiger partial charge >= 0.3 is 6.18 Å².